The van der Waals surface area contributed by atoms with Crippen LogP contribution in [0.1, 0.15) is 5.56 Å². The fraction of sp³-hybridized carbons (Fsp3) is 0.571. The summed E-state index contributed by atoms with van der Waals surface area (Å²) < 4.78 is 17.7. The SMILES string of the molecule is COCCNCC(O)CN(C)Cc1ccc(F)cc1. The Morgan fingerprint density at radius 1 is 1.37 bits per heavy atom. The van der Waals surface area contributed by atoms with Crippen molar-refractivity contribution < 1.29 is 14.2 Å². The fourth-order valence-corrected chi connectivity index (χ4v) is 1.83. The maximum Gasteiger partial charge on any atom is 0.123 e. The zero-order valence-corrected chi connectivity index (χ0v) is 11.6. The highest BCUT2D eigenvalue weighted by Gasteiger charge is 2.08. The van der Waals surface area contributed by atoms with Crippen LogP contribution in [0.5, 0.6) is 0 Å². The van der Waals surface area contributed by atoms with Crippen molar-refractivity contribution in [2.75, 3.05) is 40.4 Å². The van der Waals surface area contributed by atoms with Gasteiger partial charge < -0.3 is 15.2 Å². The first-order valence-electron chi connectivity index (χ1n) is 6.42. The first-order chi connectivity index (χ1) is 9.11. The molecule has 0 aromatic heterocycles. The second-order valence-corrected chi connectivity index (χ2v) is 4.67. The highest BCUT2D eigenvalue weighted by molar-refractivity contribution is 5.15. The zero-order valence-electron chi connectivity index (χ0n) is 11.6. The van der Waals surface area contributed by atoms with Crippen LogP contribution in [0, 0.1) is 5.82 Å². The molecule has 0 aliphatic rings. The summed E-state index contributed by atoms with van der Waals surface area (Å²) in [5.41, 5.74) is 1.03. The molecule has 0 amide bonds. The first-order valence-corrected chi connectivity index (χ1v) is 6.42. The second-order valence-electron chi connectivity index (χ2n) is 4.67. The van der Waals surface area contributed by atoms with Gasteiger partial charge in [-0.05, 0) is 24.7 Å². The van der Waals surface area contributed by atoms with E-state index in [0.29, 0.717) is 26.2 Å². The lowest BCUT2D eigenvalue weighted by atomic mass is 10.2. The van der Waals surface area contributed by atoms with Gasteiger partial charge in [-0.3, -0.25) is 4.90 Å². The van der Waals surface area contributed by atoms with Gasteiger partial charge in [-0.2, -0.15) is 0 Å². The van der Waals surface area contributed by atoms with E-state index < -0.39 is 6.10 Å². The predicted octanol–water partition coefficient (Wildman–Crippen LogP) is 0.854. The van der Waals surface area contributed by atoms with E-state index in [0.717, 1.165) is 12.1 Å². The van der Waals surface area contributed by atoms with Gasteiger partial charge in [0.15, 0.2) is 0 Å². The molecule has 0 heterocycles. The van der Waals surface area contributed by atoms with E-state index in [9.17, 15) is 9.50 Å². The maximum atomic E-state index is 12.8. The molecule has 0 saturated heterocycles. The van der Waals surface area contributed by atoms with Crippen molar-refractivity contribution in [2.45, 2.75) is 12.6 Å². The number of methoxy groups -OCH3 is 1. The fourth-order valence-electron chi connectivity index (χ4n) is 1.83. The van der Waals surface area contributed by atoms with Gasteiger partial charge in [0.05, 0.1) is 12.7 Å². The number of benzene rings is 1. The third-order valence-corrected chi connectivity index (χ3v) is 2.75. The molecule has 0 fully saturated rings. The topological polar surface area (TPSA) is 44.7 Å². The third kappa shape index (κ3) is 7.22. The van der Waals surface area contributed by atoms with Crippen molar-refractivity contribution in [3.63, 3.8) is 0 Å². The molecule has 0 spiro atoms. The molecule has 5 heteroatoms. The standard InChI is InChI=1S/C14H23FN2O2/c1-17(10-12-3-5-13(15)6-4-12)11-14(18)9-16-7-8-19-2/h3-6,14,16,18H,7-11H2,1-2H3. The molecule has 108 valence electrons. The molecule has 0 saturated carbocycles. The number of aliphatic hydroxyl groups is 1. The van der Waals surface area contributed by atoms with Crippen molar-refractivity contribution in [2.24, 2.45) is 0 Å². The molecule has 1 unspecified atom stereocenters. The smallest absolute Gasteiger partial charge is 0.123 e. The van der Waals surface area contributed by atoms with Gasteiger partial charge in [-0.15, -0.1) is 0 Å². The lowest BCUT2D eigenvalue weighted by Crippen LogP contribution is -2.37. The first kappa shape index (κ1) is 16.0. The number of rotatable bonds is 9. The predicted molar refractivity (Wildman–Crippen MR) is 73.5 cm³/mol. The second kappa shape index (κ2) is 8.98. The summed E-state index contributed by atoms with van der Waals surface area (Å²) in [6.07, 6.45) is -0.428. The Hall–Kier alpha value is -1.01. The van der Waals surface area contributed by atoms with E-state index in [1.54, 1.807) is 19.2 Å². The summed E-state index contributed by atoms with van der Waals surface area (Å²) in [7, 11) is 3.58. The van der Waals surface area contributed by atoms with E-state index >= 15 is 0 Å². The molecule has 19 heavy (non-hydrogen) atoms. The summed E-state index contributed by atoms with van der Waals surface area (Å²) in [4.78, 5) is 2.01. The van der Waals surface area contributed by atoms with E-state index in [4.69, 9.17) is 4.74 Å². The number of ether oxygens (including phenoxy) is 1. The van der Waals surface area contributed by atoms with Gasteiger partial charge in [0, 0.05) is 33.3 Å². The van der Waals surface area contributed by atoms with Gasteiger partial charge >= 0.3 is 0 Å². The molecule has 1 aromatic rings. The lowest BCUT2D eigenvalue weighted by Gasteiger charge is -2.21. The van der Waals surface area contributed by atoms with Gasteiger partial charge in [0.1, 0.15) is 5.82 Å². The van der Waals surface area contributed by atoms with E-state index in [-0.39, 0.29) is 5.82 Å². The van der Waals surface area contributed by atoms with E-state index in [1.807, 2.05) is 11.9 Å². The van der Waals surface area contributed by atoms with Gasteiger partial charge in [0.2, 0.25) is 0 Å². The van der Waals surface area contributed by atoms with Crippen molar-refractivity contribution >= 4 is 0 Å². The van der Waals surface area contributed by atoms with Gasteiger partial charge in [-0.25, -0.2) is 4.39 Å². The Labute approximate surface area is 114 Å². The van der Waals surface area contributed by atoms with Crippen molar-refractivity contribution in [1.29, 1.82) is 0 Å². The number of nitrogens with zero attached hydrogens (tertiary/aromatic N) is 1. The van der Waals surface area contributed by atoms with Crippen LogP contribution in [0.15, 0.2) is 24.3 Å². The van der Waals surface area contributed by atoms with Crippen LogP contribution in [0.2, 0.25) is 0 Å². The van der Waals surface area contributed by atoms with Crippen molar-refractivity contribution in [3.05, 3.63) is 35.6 Å². The van der Waals surface area contributed by atoms with E-state index in [1.165, 1.54) is 12.1 Å². The number of likely N-dealkylation sites (N-methyl/N-ethyl adjacent to an activating group) is 1. The molecule has 0 bridgehead atoms. The quantitative estimate of drug-likeness (QED) is 0.653. The highest BCUT2D eigenvalue weighted by atomic mass is 19.1. The Bertz CT molecular complexity index is 346. The summed E-state index contributed by atoms with van der Waals surface area (Å²) in [5, 5.41) is 12.9. The Balaban J connectivity index is 2.22. The Morgan fingerprint density at radius 2 is 2.05 bits per heavy atom. The number of hydrogen-bond donors (Lipinski definition) is 2. The van der Waals surface area contributed by atoms with Gasteiger partial charge in [0.25, 0.3) is 0 Å². The number of halogens is 1. The molecule has 1 aromatic carbocycles. The average Bonchev–Trinajstić information content (AvgIpc) is 2.37. The monoisotopic (exact) mass is 270 g/mol. The van der Waals surface area contributed by atoms with Crippen LogP contribution >= 0.6 is 0 Å². The minimum atomic E-state index is -0.428. The molecule has 0 radical (unpaired) electrons. The van der Waals surface area contributed by atoms with Crippen molar-refractivity contribution in [3.8, 4) is 0 Å². The molecule has 1 atom stereocenters. The van der Waals surface area contributed by atoms with Crippen LogP contribution in [0.4, 0.5) is 4.39 Å². The molecule has 2 N–H and O–H groups in total. The number of nitrogens with one attached hydrogen (secondary N) is 1. The normalized spacial score (nSPS) is 12.9. The van der Waals surface area contributed by atoms with Crippen LogP contribution in [0.25, 0.3) is 0 Å². The average molecular weight is 270 g/mol. The molecule has 4 nitrogen and oxygen atoms in total. The molecule has 0 aliphatic carbocycles. The molecular formula is C14H23FN2O2. The lowest BCUT2D eigenvalue weighted by molar-refractivity contribution is 0.117. The molecular weight excluding hydrogens is 247 g/mol. The van der Waals surface area contributed by atoms with E-state index in [2.05, 4.69) is 5.32 Å². The summed E-state index contributed by atoms with van der Waals surface area (Å²) >= 11 is 0. The van der Waals surface area contributed by atoms with Crippen molar-refractivity contribution in [1.82, 2.24) is 10.2 Å². The third-order valence-electron chi connectivity index (χ3n) is 2.75. The van der Waals surface area contributed by atoms with Crippen LogP contribution in [-0.2, 0) is 11.3 Å². The van der Waals surface area contributed by atoms with Crippen LogP contribution in [0.3, 0.4) is 0 Å². The van der Waals surface area contributed by atoms with Crippen LogP contribution in [-0.4, -0.2) is 56.5 Å². The van der Waals surface area contributed by atoms with Crippen LogP contribution < -0.4 is 5.32 Å². The zero-order chi connectivity index (χ0) is 14.1. The Morgan fingerprint density at radius 3 is 2.68 bits per heavy atom. The highest BCUT2D eigenvalue weighted by Crippen LogP contribution is 2.05. The molecule has 0 aliphatic heterocycles. The Kier molecular flexibility index (Phi) is 7.59. The number of hydrogen-bond acceptors (Lipinski definition) is 4. The maximum absolute atomic E-state index is 12.8. The minimum Gasteiger partial charge on any atom is -0.390 e. The summed E-state index contributed by atoms with van der Waals surface area (Å²) in [5.74, 6) is -0.228. The van der Waals surface area contributed by atoms with Gasteiger partial charge in [-0.1, -0.05) is 12.1 Å². The molecule has 1 rings (SSSR count). The largest absolute Gasteiger partial charge is 0.390 e. The minimum absolute atomic E-state index is 0.228. The summed E-state index contributed by atoms with van der Waals surface area (Å²) in [6, 6.07) is 6.42. The number of aliphatic hydroxyl groups excluding tert-OH is 1. The summed E-state index contributed by atoms with van der Waals surface area (Å²) in [6.45, 7) is 3.16.